The molecule has 0 saturated carbocycles. The van der Waals surface area contributed by atoms with Gasteiger partial charge in [-0.15, -0.1) is 0 Å². The average Bonchev–Trinajstić information content (AvgIpc) is 3.14. The molecule has 5 nitrogen and oxygen atoms in total. The van der Waals surface area contributed by atoms with E-state index in [0.717, 1.165) is 36.4 Å². The molecule has 1 aromatic heterocycles. The summed E-state index contributed by atoms with van der Waals surface area (Å²) in [6, 6.07) is 7.50. The van der Waals surface area contributed by atoms with Crippen LogP contribution in [-0.2, 0) is 27.1 Å². The number of sulfone groups is 1. The first kappa shape index (κ1) is 26.6. The van der Waals surface area contributed by atoms with Gasteiger partial charge in [-0.1, -0.05) is 45.0 Å². The van der Waals surface area contributed by atoms with Crippen molar-refractivity contribution in [3.8, 4) is 0 Å². The first-order valence-electron chi connectivity index (χ1n) is 10.8. The Morgan fingerprint density at radius 2 is 1.60 bits per heavy atom. The van der Waals surface area contributed by atoms with Gasteiger partial charge < -0.3 is 4.57 Å². The van der Waals surface area contributed by atoms with Gasteiger partial charge in [0.05, 0.1) is 22.5 Å². The van der Waals surface area contributed by atoms with Gasteiger partial charge in [-0.05, 0) is 31.0 Å². The molecule has 0 bridgehead atoms. The lowest BCUT2D eigenvalue weighted by Gasteiger charge is -2.20. The zero-order valence-corrected chi connectivity index (χ0v) is 20.1. The summed E-state index contributed by atoms with van der Waals surface area (Å²) in [6.07, 6.45) is -5.04. The third kappa shape index (κ3) is 5.48. The average molecular weight is 514 g/mol. The van der Waals surface area contributed by atoms with Crippen molar-refractivity contribution in [2.24, 2.45) is 0 Å². The van der Waals surface area contributed by atoms with Gasteiger partial charge in [-0.2, -0.15) is 22.0 Å². The van der Waals surface area contributed by atoms with Crippen LogP contribution in [0.3, 0.4) is 0 Å². The van der Waals surface area contributed by atoms with Crippen LogP contribution in [0.5, 0.6) is 0 Å². The second-order valence-electron chi connectivity index (χ2n) is 9.24. The molecule has 3 aromatic rings. The minimum Gasteiger partial charge on any atom is -0.328 e. The van der Waals surface area contributed by atoms with Crippen LogP contribution in [0.2, 0.25) is 0 Å². The first-order valence-corrected chi connectivity index (χ1v) is 12.2. The fraction of sp³-hybridized carbons (Fsp3) is 0.417. The molecule has 0 aliphatic heterocycles. The molecule has 0 radical (unpaired) electrons. The van der Waals surface area contributed by atoms with E-state index < -0.39 is 43.6 Å². The number of fused-ring (bicyclic) bond motifs is 1. The van der Waals surface area contributed by atoms with Crippen molar-refractivity contribution in [1.82, 2.24) is 9.55 Å². The van der Waals surface area contributed by atoms with Crippen molar-refractivity contribution < 1.29 is 30.4 Å². The van der Waals surface area contributed by atoms with Gasteiger partial charge in [-0.3, -0.25) is 0 Å². The Hall–Kier alpha value is -3.00. The van der Waals surface area contributed by atoms with Crippen LogP contribution in [-0.4, -0.2) is 24.1 Å². The van der Waals surface area contributed by atoms with E-state index in [2.05, 4.69) is 9.83 Å². The Bertz CT molecular complexity index is 1360. The molecule has 0 aliphatic carbocycles. The molecular formula is C24H24F5N3O2S. The highest BCUT2D eigenvalue weighted by Crippen LogP contribution is 2.40. The summed E-state index contributed by atoms with van der Waals surface area (Å²) in [5, 5.41) is -4.26. The summed E-state index contributed by atoms with van der Waals surface area (Å²) in [6.45, 7) is 12.7. The largest absolute Gasteiger partial charge is 0.389 e. The number of nitrogens with zero attached hydrogens (tertiary/aromatic N) is 3. The van der Waals surface area contributed by atoms with Crippen LogP contribution in [0.15, 0.2) is 47.4 Å². The van der Waals surface area contributed by atoms with E-state index in [-0.39, 0.29) is 30.6 Å². The van der Waals surface area contributed by atoms with Crippen molar-refractivity contribution >= 4 is 26.6 Å². The maximum Gasteiger partial charge on any atom is 0.389 e. The number of aryl methyl sites for hydroxylation is 1. The number of unbranched alkanes of at least 4 members (excludes halogenated alkanes) is 1. The van der Waals surface area contributed by atoms with Crippen LogP contribution in [0, 0.1) is 6.57 Å². The van der Waals surface area contributed by atoms with Crippen molar-refractivity contribution in [2.75, 3.05) is 0 Å². The lowest BCUT2D eigenvalue weighted by molar-refractivity contribution is -0.135. The molecule has 35 heavy (non-hydrogen) atoms. The first-order chi connectivity index (χ1) is 16.1. The molecule has 2 aromatic carbocycles. The Morgan fingerprint density at radius 3 is 2.14 bits per heavy atom. The molecule has 0 saturated heterocycles. The van der Waals surface area contributed by atoms with Crippen molar-refractivity contribution in [3.63, 3.8) is 0 Å². The van der Waals surface area contributed by atoms with Crippen molar-refractivity contribution in [2.45, 2.75) is 68.3 Å². The second-order valence-corrected chi connectivity index (χ2v) is 11.2. The van der Waals surface area contributed by atoms with Gasteiger partial charge in [-0.25, -0.2) is 18.2 Å². The molecule has 0 amide bonds. The normalized spacial score (nSPS) is 13.2. The van der Waals surface area contributed by atoms with E-state index >= 15 is 8.78 Å². The second kappa shape index (κ2) is 9.22. The minimum atomic E-state index is -5.16. The Kier molecular flexibility index (Phi) is 7.01. The Balaban J connectivity index is 2.01. The van der Waals surface area contributed by atoms with E-state index in [4.69, 9.17) is 6.57 Å². The van der Waals surface area contributed by atoms with Crippen molar-refractivity contribution in [1.29, 1.82) is 0 Å². The highest BCUT2D eigenvalue weighted by atomic mass is 32.2. The smallest absolute Gasteiger partial charge is 0.328 e. The van der Waals surface area contributed by atoms with Crippen LogP contribution in [0.4, 0.5) is 27.6 Å². The van der Waals surface area contributed by atoms with E-state index in [1.165, 1.54) is 6.07 Å². The molecule has 188 valence electrons. The number of hydrogen-bond acceptors (Lipinski definition) is 3. The van der Waals surface area contributed by atoms with Gasteiger partial charge in [0.2, 0.25) is 9.84 Å². The highest BCUT2D eigenvalue weighted by molar-refractivity contribution is 7.92. The van der Waals surface area contributed by atoms with Gasteiger partial charge in [0.1, 0.15) is 5.82 Å². The fourth-order valence-corrected chi connectivity index (χ4v) is 4.96. The molecule has 0 atom stereocenters. The number of rotatable bonds is 7. The van der Waals surface area contributed by atoms with Crippen LogP contribution in [0.25, 0.3) is 15.9 Å². The highest BCUT2D eigenvalue weighted by Gasteiger charge is 2.48. The molecule has 3 rings (SSSR count). The summed E-state index contributed by atoms with van der Waals surface area (Å²) >= 11 is 0. The third-order valence-electron chi connectivity index (χ3n) is 5.46. The number of aromatic nitrogens is 2. The zero-order chi connectivity index (χ0) is 26.2. The van der Waals surface area contributed by atoms with E-state index in [9.17, 15) is 21.6 Å². The standard InChI is InChI=1S/C24H24F5N3O2S/c1-22(2,3)21-31-19-15-18(11-12-20(19)32(21)14-6-5-13-23(25,26)27)35(33,34)24(28,29)16-7-9-17(30-4)10-8-16/h7-12,15H,5-6,13-14H2,1-3H3. The molecule has 11 heteroatoms. The minimum absolute atomic E-state index is 0.0856. The predicted octanol–water partition coefficient (Wildman–Crippen LogP) is 7.14. The topological polar surface area (TPSA) is 56.3 Å². The van der Waals surface area contributed by atoms with Crippen molar-refractivity contribution in [3.05, 3.63) is 65.3 Å². The molecular weight excluding hydrogens is 489 g/mol. The van der Waals surface area contributed by atoms with Crippen LogP contribution < -0.4 is 0 Å². The van der Waals surface area contributed by atoms with Crippen LogP contribution >= 0.6 is 0 Å². The fourth-order valence-electron chi connectivity index (χ4n) is 3.70. The maximum atomic E-state index is 15.0. The number of halogens is 5. The van der Waals surface area contributed by atoms with Crippen LogP contribution in [0.1, 0.15) is 51.4 Å². The molecule has 0 fully saturated rings. The summed E-state index contributed by atoms with van der Waals surface area (Å²) in [4.78, 5) is 6.93. The quantitative estimate of drug-likeness (QED) is 0.192. The van der Waals surface area contributed by atoms with E-state index in [1.54, 1.807) is 4.57 Å². The number of alkyl halides is 5. The Morgan fingerprint density at radius 1 is 0.971 bits per heavy atom. The SMILES string of the molecule is [C-]#[N+]c1ccc(C(F)(F)S(=O)(=O)c2ccc3c(c2)nc(C(C)(C)C)n3CCCCC(F)(F)F)cc1. The molecule has 0 unspecified atom stereocenters. The van der Waals surface area contributed by atoms with Gasteiger partial charge in [0.15, 0.2) is 5.69 Å². The van der Waals surface area contributed by atoms with Gasteiger partial charge in [0.25, 0.3) is 0 Å². The summed E-state index contributed by atoms with van der Waals surface area (Å²) in [5.41, 5.74) is -0.595. The molecule has 1 heterocycles. The molecule has 0 aliphatic rings. The molecule has 0 N–H and O–H groups in total. The third-order valence-corrected chi connectivity index (χ3v) is 7.25. The lowest BCUT2D eigenvalue weighted by Crippen LogP contribution is -2.26. The monoisotopic (exact) mass is 513 g/mol. The van der Waals surface area contributed by atoms with E-state index in [0.29, 0.717) is 11.3 Å². The van der Waals surface area contributed by atoms with Gasteiger partial charge >= 0.3 is 11.4 Å². The Labute approximate surface area is 200 Å². The number of benzene rings is 2. The summed E-state index contributed by atoms with van der Waals surface area (Å²) in [5.74, 6) is 0.510. The zero-order valence-electron chi connectivity index (χ0n) is 19.3. The predicted molar refractivity (Wildman–Crippen MR) is 122 cm³/mol. The summed E-state index contributed by atoms with van der Waals surface area (Å²) in [7, 11) is -5.16. The van der Waals surface area contributed by atoms with Gasteiger partial charge in [0, 0.05) is 23.9 Å². The number of hydrogen-bond donors (Lipinski definition) is 0. The maximum absolute atomic E-state index is 15.0. The summed E-state index contributed by atoms with van der Waals surface area (Å²) < 4.78 is 95.1. The van der Waals surface area contributed by atoms with E-state index in [1.807, 2.05) is 20.8 Å². The number of imidazole rings is 1. The molecule has 0 spiro atoms. The lowest BCUT2D eigenvalue weighted by atomic mass is 9.95.